The summed E-state index contributed by atoms with van der Waals surface area (Å²) in [6.07, 6.45) is -1.50. The van der Waals surface area contributed by atoms with Crippen molar-refractivity contribution in [1.29, 1.82) is 5.26 Å². The Hall–Kier alpha value is -1.83. The lowest BCUT2D eigenvalue weighted by atomic mass is 10.1. The molecule has 0 aliphatic rings. The van der Waals surface area contributed by atoms with E-state index in [0.717, 1.165) is 12.3 Å². The number of carbonyl (C=O) groups is 1. The van der Waals surface area contributed by atoms with Crippen molar-refractivity contribution in [3.05, 3.63) is 29.1 Å². The summed E-state index contributed by atoms with van der Waals surface area (Å²) in [5.74, 6) is 0. The molecule has 5 heteroatoms. The quantitative estimate of drug-likeness (QED) is 0.654. The zero-order valence-corrected chi connectivity index (χ0v) is 6.37. The van der Waals surface area contributed by atoms with Gasteiger partial charge in [0.25, 0.3) is 6.43 Å². The van der Waals surface area contributed by atoms with Crippen molar-refractivity contribution in [3.63, 3.8) is 0 Å². The van der Waals surface area contributed by atoms with Crippen molar-refractivity contribution in [2.75, 3.05) is 0 Å². The van der Waals surface area contributed by atoms with E-state index < -0.39 is 12.0 Å². The summed E-state index contributed by atoms with van der Waals surface area (Å²) >= 11 is 0. The number of nitrogens with zero attached hydrogens (tertiary/aromatic N) is 2. The lowest BCUT2D eigenvalue weighted by molar-refractivity contribution is 0.110. The number of nitriles is 1. The molecule has 1 aromatic rings. The molecule has 13 heavy (non-hydrogen) atoms. The van der Waals surface area contributed by atoms with Gasteiger partial charge in [0, 0.05) is 6.20 Å². The van der Waals surface area contributed by atoms with E-state index >= 15 is 0 Å². The number of aldehydes is 1. The minimum absolute atomic E-state index is 0.211. The molecule has 0 saturated heterocycles. The average molecular weight is 182 g/mol. The van der Waals surface area contributed by atoms with Crippen LogP contribution in [0.3, 0.4) is 0 Å². The van der Waals surface area contributed by atoms with E-state index in [1.165, 1.54) is 0 Å². The van der Waals surface area contributed by atoms with E-state index in [9.17, 15) is 13.6 Å². The fraction of sp³-hybridized carbons (Fsp3) is 0.125. The molecule has 0 unspecified atom stereocenters. The minimum atomic E-state index is -2.86. The summed E-state index contributed by atoms with van der Waals surface area (Å²) in [6, 6.07) is 2.72. The maximum atomic E-state index is 12.3. The fourth-order valence-electron chi connectivity index (χ4n) is 0.910. The Labute approximate surface area is 72.6 Å². The molecule has 0 atom stereocenters. The van der Waals surface area contributed by atoms with E-state index in [0.29, 0.717) is 0 Å². The second kappa shape index (κ2) is 3.72. The molecular formula is C8H4F2N2O. The first-order valence-corrected chi connectivity index (χ1v) is 3.33. The molecule has 0 aliphatic heterocycles. The third kappa shape index (κ3) is 1.67. The van der Waals surface area contributed by atoms with E-state index in [-0.39, 0.29) is 17.5 Å². The van der Waals surface area contributed by atoms with Crippen LogP contribution in [-0.4, -0.2) is 11.3 Å². The fourth-order valence-corrected chi connectivity index (χ4v) is 0.910. The normalized spacial score (nSPS) is 9.69. The average Bonchev–Trinajstić information content (AvgIpc) is 2.16. The number of pyridine rings is 1. The monoisotopic (exact) mass is 182 g/mol. The Morgan fingerprint density at radius 1 is 1.62 bits per heavy atom. The van der Waals surface area contributed by atoms with Crippen molar-refractivity contribution >= 4 is 6.29 Å². The number of aromatic nitrogens is 1. The molecule has 0 aliphatic carbocycles. The van der Waals surface area contributed by atoms with E-state index in [4.69, 9.17) is 5.26 Å². The number of rotatable bonds is 2. The zero-order chi connectivity index (χ0) is 9.84. The van der Waals surface area contributed by atoms with Crippen LogP contribution in [0.25, 0.3) is 0 Å². The van der Waals surface area contributed by atoms with Crippen LogP contribution in [0.5, 0.6) is 0 Å². The van der Waals surface area contributed by atoms with Gasteiger partial charge in [0.1, 0.15) is 5.69 Å². The molecule has 0 saturated carbocycles. The first-order valence-electron chi connectivity index (χ1n) is 3.33. The highest BCUT2D eigenvalue weighted by Gasteiger charge is 2.18. The highest BCUT2D eigenvalue weighted by atomic mass is 19.3. The summed E-state index contributed by atoms with van der Waals surface area (Å²) in [5.41, 5.74) is -1.19. The van der Waals surface area contributed by atoms with Crippen LogP contribution in [0.4, 0.5) is 8.78 Å². The molecule has 0 spiro atoms. The number of hydrogen-bond donors (Lipinski definition) is 0. The second-order valence-corrected chi connectivity index (χ2v) is 2.19. The molecule has 0 N–H and O–H groups in total. The highest BCUT2D eigenvalue weighted by Crippen LogP contribution is 2.23. The van der Waals surface area contributed by atoms with Gasteiger partial charge in [0.2, 0.25) is 0 Å². The molecule has 66 valence electrons. The Kier molecular flexibility index (Phi) is 2.65. The number of halogens is 2. The molecule has 3 nitrogen and oxygen atoms in total. The van der Waals surface area contributed by atoms with Crippen molar-refractivity contribution in [2.45, 2.75) is 6.43 Å². The first kappa shape index (κ1) is 9.26. The van der Waals surface area contributed by atoms with Crippen LogP contribution >= 0.6 is 0 Å². The van der Waals surface area contributed by atoms with Crippen LogP contribution in [0.1, 0.15) is 28.0 Å². The highest BCUT2D eigenvalue weighted by molar-refractivity contribution is 5.75. The van der Waals surface area contributed by atoms with Gasteiger partial charge in [-0.1, -0.05) is 0 Å². The molecular weight excluding hydrogens is 178 g/mol. The van der Waals surface area contributed by atoms with Crippen molar-refractivity contribution in [2.24, 2.45) is 0 Å². The number of carbonyl (C=O) groups excluding carboxylic acids is 1. The molecule has 0 aromatic carbocycles. The Morgan fingerprint density at radius 3 is 2.77 bits per heavy atom. The summed E-state index contributed by atoms with van der Waals surface area (Å²) in [5, 5.41) is 8.46. The predicted molar refractivity (Wildman–Crippen MR) is 39.3 cm³/mol. The maximum Gasteiger partial charge on any atom is 0.267 e. The molecule has 1 aromatic heterocycles. The molecule has 0 bridgehead atoms. The Bertz CT molecular complexity index is 371. The molecule has 1 heterocycles. The topological polar surface area (TPSA) is 53.8 Å². The predicted octanol–water partition coefficient (Wildman–Crippen LogP) is 1.70. The molecule has 1 rings (SSSR count). The van der Waals surface area contributed by atoms with Crippen LogP contribution in [0.15, 0.2) is 12.3 Å². The van der Waals surface area contributed by atoms with Gasteiger partial charge in [0.15, 0.2) is 6.29 Å². The summed E-state index contributed by atoms with van der Waals surface area (Å²) in [6.45, 7) is 0. The molecule has 0 radical (unpaired) electrons. The van der Waals surface area contributed by atoms with Gasteiger partial charge in [0.05, 0.1) is 17.2 Å². The lowest BCUT2D eigenvalue weighted by Gasteiger charge is -2.03. The Balaban J connectivity index is 3.40. The van der Waals surface area contributed by atoms with E-state index in [1.807, 2.05) is 0 Å². The van der Waals surface area contributed by atoms with Gasteiger partial charge < -0.3 is 0 Å². The van der Waals surface area contributed by atoms with Crippen LogP contribution in [0.2, 0.25) is 0 Å². The summed E-state index contributed by atoms with van der Waals surface area (Å²) in [7, 11) is 0. The van der Waals surface area contributed by atoms with Crippen molar-refractivity contribution in [3.8, 4) is 6.07 Å². The third-order valence-electron chi connectivity index (χ3n) is 1.47. The zero-order valence-electron chi connectivity index (χ0n) is 6.37. The largest absolute Gasteiger partial charge is 0.296 e. The van der Waals surface area contributed by atoms with Gasteiger partial charge in [-0.25, -0.2) is 8.78 Å². The van der Waals surface area contributed by atoms with Gasteiger partial charge in [-0.05, 0) is 6.07 Å². The lowest BCUT2D eigenvalue weighted by Crippen LogP contribution is -2.00. The van der Waals surface area contributed by atoms with Crippen LogP contribution < -0.4 is 0 Å². The van der Waals surface area contributed by atoms with Gasteiger partial charge in [-0.2, -0.15) is 5.26 Å². The van der Waals surface area contributed by atoms with Gasteiger partial charge in [-0.3, -0.25) is 9.78 Å². The maximum absolute atomic E-state index is 12.3. The first-order chi connectivity index (χ1) is 6.20. The standard InChI is InChI=1S/C8H4F2N2O/c9-8(10)7-5(3-11)1-2-12-6(7)4-13/h1-2,4,8H. The summed E-state index contributed by atoms with van der Waals surface area (Å²) in [4.78, 5) is 13.7. The number of hydrogen-bond acceptors (Lipinski definition) is 3. The summed E-state index contributed by atoms with van der Waals surface area (Å²) < 4.78 is 24.6. The van der Waals surface area contributed by atoms with Gasteiger partial charge >= 0.3 is 0 Å². The van der Waals surface area contributed by atoms with Crippen molar-refractivity contribution < 1.29 is 13.6 Å². The smallest absolute Gasteiger partial charge is 0.267 e. The van der Waals surface area contributed by atoms with E-state index in [1.54, 1.807) is 6.07 Å². The van der Waals surface area contributed by atoms with Crippen LogP contribution in [-0.2, 0) is 0 Å². The number of alkyl halides is 2. The van der Waals surface area contributed by atoms with Gasteiger partial charge in [-0.15, -0.1) is 0 Å². The van der Waals surface area contributed by atoms with Crippen LogP contribution in [0, 0.1) is 11.3 Å². The molecule has 0 amide bonds. The molecule has 0 fully saturated rings. The SMILES string of the molecule is N#Cc1ccnc(C=O)c1C(F)F. The second-order valence-electron chi connectivity index (χ2n) is 2.19. The van der Waals surface area contributed by atoms with Crippen molar-refractivity contribution in [1.82, 2.24) is 4.98 Å². The third-order valence-corrected chi connectivity index (χ3v) is 1.47. The minimum Gasteiger partial charge on any atom is -0.296 e. The van der Waals surface area contributed by atoms with E-state index in [2.05, 4.69) is 4.98 Å². The Morgan fingerprint density at radius 2 is 2.31 bits per heavy atom.